The van der Waals surface area contributed by atoms with E-state index in [4.69, 9.17) is 0 Å². The van der Waals surface area contributed by atoms with Gasteiger partial charge >= 0.3 is 6.18 Å². The minimum Gasteiger partial charge on any atom is -0.339 e. The van der Waals surface area contributed by atoms with Crippen LogP contribution in [-0.2, 0) is 12.6 Å². The third kappa shape index (κ3) is 2.69. The molecular weight excluding hydrogens is 199 g/mol. The molecule has 1 heterocycles. The van der Waals surface area contributed by atoms with Gasteiger partial charge in [-0.3, -0.25) is 0 Å². The van der Waals surface area contributed by atoms with Crippen LogP contribution in [-0.4, -0.2) is 23.2 Å². The van der Waals surface area contributed by atoms with Crippen LogP contribution in [0.4, 0.5) is 13.2 Å². The molecule has 1 N–H and O–H groups in total. The minimum atomic E-state index is -4.54. The lowest BCUT2D eigenvalue weighted by Crippen LogP contribution is -2.23. The predicted molar refractivity (Wildman–Crippen MR) is 41.5 cm³/mol. The lowest BCUT2D eigenvalue weighted by molar-refractivity contribution is -0.146. The molecule has 1 atom stereocenters. The summed E-state index contributed by atoms with van der Waals surface area (Å²) in [5.74, 6) is -1.24. The molecule has 80 valence electrons. The molecule has 0 radical (unpaired) electrons. The molecule has 0 amide bonds. The molecule has 1 aromatic heterocycles. The number of alkyl halides is 3. The molecule has 4 nitrogen and oxygen atoms in total. The lowest BCUT2D eigenvalue weighted by atomic mass is 10.2. The van der Waals surface area contributed by atoms with Gasteiger partial charge in [0.05, 0.1) is 0 Å². The third-order valence-electron chi connectivity index (χ3n) is 1.70. The highest BCUT2D eigenvalue weighted by molar-refractivity contribution is 4.92. The molecule has 0 bridgehead atoms. The Morgan fingerprint density at radius 3 is 2.57 bits per heavy atom. The molecule has 14 heavy (non-hydrogen) atoms. The monoisotopic (exact) mass is 209 g/mol. The Balaban J connectivity index is 2.69. The summed E-state index contributed by atoms with van der Waals surface area (Å²) in [5.41, 5.74) is 0. The van der Waals surface area contributed by atoms with Crippen molar-refractivity contribution in [2.45, 2.75) is 25.6 Å². The highest BCUT2D eigenvalue weighted by atomic mass is 19.4. The minimum absolute atomic E-state index is 0.00321. The second-order valence-electron chi connectivity index (χ2n) is 2.90. The van der Waals surface area contributed by atoms with E-state index in [9.17, 15) is 13.2 Å². The maximum Gasteiger partial charge on any atom is 0.455 e. The van der Waals surface area contributed by atoms with Gasteiger partial charge in [0.1, 0.15) is 0 Å². The van der Waals surface area contributed by atoms with Crippen LogP contribution >= 0.6 is 0 Å². The fraction of sp³-hybridized carbons (Fsp3) is 0.714. The standard InChI is InChI=1S/C7H10F3N3O/c1-4(11-2)3-5-12-6(13-14-5)7(8,9)10/h4,11H,3H2,1-2H3. The zero-order chi connectivity index (χ0) is 10.8. The number of rotatable bonds is 3. The van der Waals surface area contributed by atoms with Crippen molar-refractivity contribution in [3.8, 4) is 0 Å². The SMILES string of the molecule is CNC(C)Cc1nc(C(F)(F)F)no1. The van der Waals surface area contributed by atoms with E-state index in [0.29, 0.717) is 0 Å². The van der Waals surface area contributed by atoms with Crippen LogP contribution in [0.25, 0.3) is 0 Å². The van der Waals surface area contributed by atoms with E-state index < -0.39 is 12.0 Å². The number of halogens is 3. The topological polar surface area (TPSA) is 51.0 Å². The molecular formula is C7H10F3N3O. The van der Waals surface area contributed by atoms with Gasteiger partial charge in [0, 0.05) is 12.5 Å². The van der Waals surface area contributed by atoms with E-state index >= 15 is 0 Å². The van der Waals surface area contributed by atoms with Gasteiger partial charge in [-0.2, -0.15) is 18.2 Å². The summed E-state index contributed by atoms with van der Waals surface area (Å²) in [6, 6.07) is -0.00321. The van der Waals surface area contributed by atoms with Crippen molar-refractivity contribution in [1.82, 2.24) is 15.5 Å². The van der Waals surface area contributed by atoms with E-state index in [2.05, 4.69) is 20.0 Å². The molecule has 0 aromatic carbocycles. The largest absolute Gasteiger partial charge is 0.455 e. The van der Waals surface area contributed by atoms with Crippen molar-refractivity contribution >= 4 is 0 Å². The van der Waals surface area contributed by atoms with Gasteiger partial charge in [0.15, 0.2) is 0 Å². The fourth-order valence-electron chi connectivity index (χ4n) is 0.817. The highest BCUT2D eigenvalue weighted by Gasteiger charge is 2.37. The summed E-state index contributed by atoms with van der Waals surface area (Å²) < 4.78 is 40.5. The first-order chi connectivity index (χ1) is 6.43. The second kappa shape index (κ2) is 3.95. The van der Waals surface area contributed by atoms with Crippen LogP contribution in [0.1, 0.15) is 18.6 Å². The summed E-state index contributed by atoms with van der Waals surface area (Å²) in [5, 5.41) is 5.69. The summed E-state index contributed by atoms with van der Waals surface area (Å²) in [6.07, 6.45) is -4.26. The van der Waals surface area contributed by atoms with E-state index in [-0.39, 0.29) is 18.4 Å². The number of hydrogen-bond donors (Lipinski definition) is 1. The molecule has 0 fully saturated rings. The fourth-order valence-corrected chi connectivity index (χ4v) is 0.817. The Hall–Kier alpha value is -1.11. The van der Waals surface area contributed by atoms with Crippen molar-refractivity contribution < 1.29 is 17.7 Å². The molecule has 0 saturated carbocycles. The first kappa shape index (κ1) is 11.0. The number of hydrogen-bond acceptors (Lipinski definition) is 4. The maximum atomic E-state index is 12.0. The Morgan fingerprint density at radius 2 is 2.14 bits per heavy atom. The number of nitrogens with zero attached hydrogens (tertiary/aromatic N) is 2. The van der Waals surface area contributed by atoms with Gasteiger partial charge in [-0.15, -0.1) is 0 Å². The van der Waals surface area contributed by atoms with E-state index in [1.807, 2.05) is 0 Å². The quantitative estimate of drug-likeness (QED) is 0.813. The number of aromatic nitrogens is 2. The van der Waals surface area contributed by atoms with Crippen molar-refractivity contribution in [3.63, 3.8) is 0 Å². The molecule has 1 rings (SSSR count). The molecule has 1 aromatic rings. The van der Waals surface area contributed by atoms with E-state index in [0.717, 1.165) is 0 Å². The maximum absolute atomic E-state index is 12.0. The molecule has 1 unspecified atom stereocenters. The van der Waals surface area contributed by atoms with Gasteiger partial charge in [0.2, 0.25) is 5.89 Å². The Bertz CT molecular complexity index is 297. The van der Waals surface area contributed by atoms with E-state index in [1.54, 1.807) is 14.0 Å². The van der Waals surface area contributed by atoms with Crippen LogP contribution in [0.2, 0.25) is 0 Å². The van der Waals surface area contributed by atoms with Crippen LogP contribution < -0.4 is 5.32 Å². The van der Waals surface area contributed by atoms with Gasteiger partial charge in [0.25, 0.3) is 5.82 Å². The summed E-state index contributed by atoms with van der Waals surface area (Å²) in [6.45, 7) is 1.80. The summed E-state index contributed by atoms with van der Waals surface area (Å²) in [7, 11) is 1.70. The molecule has 0 saturated heterocycles. The molecule has 0 aliphatic heterocycles. The third-order valence-corrected chi connectivity index (χ3v) is 1.70. The van der Waals surface area contributed by atoms with Crippen LogP contribution in [0, 0.1) is 0 Å². The zero-order valence-electron chi connectivity index (χ0n) is 7.72. The van der Waals surface area contributed by atoms with Crippen molar-refractivity contribution in [2.24, 2.45) is 0 Å². The predicted octanol–water partition coefficient (Wildman–Crippen LogP) is 1.24. The van der Waals surface area contributed by atoms with Crippen LogP contribution in [0.3, 0.4) is 0 Å². The normalized spacial score (nSPS) is 14.4. The Labute approximate surface area is 78.5 Å². The summed E-state index contributed by atoms with van der Waals surface area (Å²) in [4.78, 5) is 3.23. The van der Waals surface area contributed by atoms with Crippen molar-refractivity contribution in [3.05, 3.63) is 11.7 Å². The van der Waals surface area contributed by atoms with Gasteiger partial charge in [-0.1, -0.05) is 5.16 Å². The second-order valence-corrected chi connectivity index (χ2v) is 2.90. The van der Waals surface area contributed by atoms with E-state index in [1.165, 1.54) is 0 Å². The summed E-state index contributed by atoms with van der Waals surface area (Å²) >= 11 is 0. The first-order valence-corrected chi connectivity index (χ1v) is 4.00. The molecule has 7 heteroatoms. The van der Waals surface area contributed by atoms with Gasteiger partial charge < -0.3 is 9.84 Å². The molecule has 0 aliphatic rings. The van der Waals surface area contributed by atoms with Crippen LogP contribution in [0.15, 0.2) is 4.52 Å². The van der Waals surface area contributed by atoms with Gasteiger partial charge in [-0.25, -0.2) is 0 Å². The molecule has 0 spiro atoms. The molecule has 0 aliphatic carbocycles. The van der Waals surface area contributed by atoms with Gasteiger partial charge in [-0.05, 0) is 14.0 Å². The lowest BCUT2D eigenvalue weighted by Gasteiger charge is -2.04. The highest BCUT2D eigenvalue weighted by Crippen LogP contribution is 2.26. The Morgan fingerprint density at radius 1 is 1.50 bits per heavy atom. The zero-order valence-corrected chi connectivity index (χ0v) is 7.72. The smallest absolute Gasteiger partial charge is 0.339 e. The van der Waals surface area contributed by atoms with Crippen molar-refractivity contribution in [1.29, 1.82) is 0 Å². The average Bonchev–Trinajstić information content (AvgIpc) is 2.51. The Kier molecular flexibility index (Phi) is 3.10. The van der Waals surface area contributed by atoms with Crippen LogP contribution in [0.5, 0.6) is 0 Å². The average molecular weight is 209 g/mol. The van der Waals surface area contributed by atoms with Crippen molar-refractivity contribution in [2.75, 3.05) is 7.05 Å². The first-order valence-electron chi connectivity index (χ1n) is 4.00. The number of likely N-dealkylation sites (N-methyl/N-ethyl adjacent to an activating group) is 1. The number of nitrogens with one attached hydrogen (secondary N) is 1.